The first-order valence-corrected chi connectivity index (χ1v) is 7.90. The molecule has 0 heterocycles. The highest BCUT2D eigenvalue weighted by atomic mass is 16.3. The number of nitrogens with zero attached hydrogens (tertiary/aromatic N) is 1. The third kappa shape index (κ3) is 4.50. The summed E-state index contributed by atoms with van der Waals surface area (Å²) in [7, 11) is 2.20. The minimum Gasteiger partial charge on any atom is -0.508 e. The monoisotopic (exact) mass is 276 g/mol. The second kappa shape index (κ2) is 7.65. The highest BCUT2D eigenvalue weighted by Gasteiger charge is 2.23. The van der Waals surface area contributed by atoms with Crippen LogP contribution in [0, 0.1) is 0 Å². The molecule has 0 unspecified atom stereocenters. The number of benzene rings is 1. The molecule has 0 atom stereocenters. The number of phenolic OH excluding ortho intramolecular Hbond substituents is 1. The zero-order valence-corrected chi connectivity index (χ0v) is 12.8. The molecular weight excluding hydrogens is 248 g/mol. The molecule has 0 saturated heterocycles. The van der Waals surface area contributed by atoms with Gasteiger partial charge in [-0.2, -0.15) is 0 Å². The number of hydrogen-bond donors (Lipinski definition) is 2. The average molecular weight is 276 g/mol. The standard InChI is InChI=1S/C17H28N2O/c1-3-11-18-15-7-9-16(10-8-15)19(2)13-14-5-4-6-17(20)12-14/h4-6,12,15-16,18,20H,3,7-11,13H2,1-2H3. The van der Waals surface area contributed by atoms with Gasteiger partial charge in [-0.05, 0) is 63.4 Å². The molecule has 0 aliphatic heterocycles. The van der Waals surface area contributed by atoms with Crippen LogP contribution in [0.15, 0.2) is 24.3 Å². The lowest BCUT2D eigenvalue weighted by Crippen LogP contribution is -2.40. The Morgan fingerprint density at radius 3 is 2.65 bits per heavy atom. The molecule has 0 bridgehead atoms. The van der Waals surface area contributed by atoms with Crippen molar-refractivity contribution in [2.45, 2.75) is 57.7 Å². The number of rotatable bonds is 6. The van der Waals surface area contributed by atoms with E-state index in [-0.39, 0.29) is 0 Å². The molecule has 0 spiro atoms. The maximum absolute atomic E-state index is 9.53. The molecule has 2 N–H and O–H groups in total. The van der Waals surface area contributed by atoms with Crippen LogP contribution in [-0.4, -0.2) is 35.7 Å². The van der Waals surface area contributed by atoms with Gasteiger partial charge in [-0.15, -0.1) is 0 Å². The number of nitrogens with one attached hydrogen (secondary N) is 1. The van der Waals surface area contributed by atoms with Crippen molar-refractivity contribution in [1.82, 2.24) is 10.2 Å². The largest absolute Gasteiger partial charge is 0.508 e. The van der Waals surface area contributed by atoms with Gasteiger partial charge in [0.2, 0.25) is 0 Å². The van der Waals surface area contributed by atoms with Crippen molar-refractivity contribution in [3.8, 4) is 5.75 Å². The van der Waals surface area contributed by atoms with Gasteiger partial charge in [0.05, 0.1) is 0 Å². The van der Waals surface area contributed by atoms with E-state index in [4.69, 9.17) is 0 Å². The van der Waals surface area contributed by atoms with Gasteiger partial charge in [0.15, 0.2) is 0 Å². The Hall–Kier alpha value is -1.06. The molecule has 1 aromatic rings. The lowest BCUT2D eigenvalue weighted by Gasteiger charge is -2.35. The van der Waals surface area contributed by atoms with Crippen LogP contribution in [0.1, 0.15) is 44.6 Å². The highest BCUT2D eigenvalue weighted by molar-refractivity contribution is 5.27. The minimum absolute atomic E-state index is 0.364. The van der Waals surface area contributed by atoms with Crippen molar-refractivity contribution in [2.75, 3.05) is 13.6 Å². The summed E-state index contributed by atoms with van der Waals surface area (Å²) in [6.45, 7) is 4.29. The van der Waals surface area contributed by atoms with Crippen LogP contribution in [-0.2, 0) is 6.54 Å². The number of phenols is 1. The van der Waals surface area contributed by atoms with E-state index in [9.17, 15) is 5.11 Å². The van der Waals surface area contributed by atoms with E-state index in [0.29, 0.717) is 11.8 Å². The third-order valence-electron chi connectivity index (χ3n) is 4.35. The summed E-state index contributed by atoms with van der Waals surface area (Å²) in [5.41, 5.74) is 1.19. The lowest BCUT2D eigenvalue weighted by molar-refractivity contribution is 0.168. The highest BCUT2D eigenvalue weighted by Crippen LogP contribution is 2.24. The van der Waals surface area contributed by atoms with E-state index in [1.807, 2.05) is 12.1 Å². The van der Waals surface area contributed by atoms with Gasteiger partial charge in [0.1, 0.15) is 5.75 Å². The molecule has 1 aliphatic carbocycles. The molecule has 2 rings (SSSR count). The maximum atomic E-state index is 9.53. The summed E-state index contributed by atoms with van der Waals surface area (Å²) >= 11 is 0. The zero-order valence-electron chi connectivity index (χ0n) is 12.8. The Morgan fingerprint density at radius 2 is 2.00 bits per heavy atom. The van der Waals surface area contributed by atoms with Gasteiger partial charge >= 0.3 is 0 Å². The first-order chi connectivity index (χ1) is 9.69. The van der Waals surface area contributed by atoms with E-state index >= 15 is 0 Å². The van der Waals surface area contributed by atoms with Gasteiger partial charge in [0, 0.05) is 18.6 Å². The minimum atomic E-state index is 0.364. The summed E-state index contributed by atoms with van der Waals surface area (Å²) in [6.07, 6.45) is 6.34. The Labute approximate surface area is 123 Å². The molecule has 3 nitrogen and oxygen atoms in total. The topological polar surface area (TPSA) is 35.5 Å². The van der Waals surface area contributed by atoms with Crippen LogP contribution in [0.4, 0.5) is 0 Å². The van der Waals surface area contributed by atoms with Crippen molar-refractivity contribution in [1.29, 1.82) is 0 Å². The Kier molecular flexibility index (Phi) is 5.86. The Bertz CT molecular complexity index is 400. The van der Waals surface area contributed by atoms with Gasteiger partial charge in [0.25, 0.3) is 0 Å². The Balaban J connectivity index is 1.78. The van der Waals surface area contributed by atoms with Crippen molar-refractivity contribution in [2.24, 2.45) is 0 Å². The van der Waals surface area contributed by atoms with Crippen LogP contribution in [0.2, 0.25) is 0 Å². The second-order valence-electron chi connectivity index (χ2n) is 6.04. The van der Waals surface area contributed by atoms with Crippen LogP contribution < -0.4 is 5.32 Å². The molecule has 0 amide bonds. The van der Waals surface area contributed by atoms with E-state index in [1.165, 1.54) is 37.7 Å². The maximum Gasteiger partial charge on any atom is 0.115 e. The fraction of sp³-hybridized carbons (Fsp3) is 0.647. The smallest absolute Gasteiger partial charge is 0.115 e. The molecule has 1 fully saturated rings. The van der Waals surface area contributed by atoms with Crippen LogP contribution in [0.3, 0.4) is 0 Å². The second-order valence-corrected chi connectivity index (χ2v) is 6.04. The fourth-order valence-corrected chi connectivity index (χ4v) is 3.14. The average Bonchev–Trinajstić information content (AvgIpc) is 2.45. The molecule has 1 aromatic carbocycles. The quantitative estimate of drug-likeness (QED) is 0.838. The molecule has 1 saturated carbocycles. The molecule has 1 aliphatic rings. The van der Waals surface area contributed by atoms with Gasteiger partial charge in [-0.1, -0.05) is 19.1 Å². The first kappa shape index (κ1) is 15.3. The van der Waals surface area contributed by atoms with Gasteiger partial charge < -0.3 is 10.4 Å². The van der Waals surface area contributed by atoms with E-state index in [1.54, 1.807) is 6.07 Å². The molecular formula is C17H28N2O. The van der Waals surface area contributed by atoms with Crippen molar-refractivity contribution < 1.29 is 5.11 Å². The first-order valence-electron chi connectivity index (χ1n) is 7.90. The number of aromatic hydroxyl groups is 1. The summed E-state index contributed by atoms with van der Waals surface area (Å²) in [5, 5.41) is 13.2. The van der Waals surface area contributed by atoms with Gasteiger partial charge in [-0.25, -0.2) is 0 Å². The molecule has 0 radical (unpaired) electrons. The summed E-state index contributed by atoms with van der Waals surface area (Å²) in [4.78, 5) is 2.44. The molecule has 112 valence electrons. The third-order valence-corrected chi connectivity index (χ3v) is 4.35. The van der Waals surface area contributed by atoms with E-state index < -0.39 is 0 Å². The van der Waals surface area contributed by atoms with Crippen LogP contribution in [0.25, 0.3) is 0 Å². The van der Waals surface area contributed by atoms with E-state index in [2.05, 4.69) is 30.3 Å². The normalized spacial score (nSPS) is 23.1. The number of hydrogen-bond acceptors (Lipinski definition) is 3. The Morgan fingerprint density at radius 1 is 1.25 bits per heavy atom. The van der Waals surface area contributed by atoms with Crippen molar-refractivity contribution in [3.63, 3.8) is 0 Å². The predicted molar refractivity (Wildman–Crippen MR) is 83.9 cm³/mol. The molecule has 20 heavy (non-hydrogen) atoms. The molecule has 3 heteroatoms. The van der Waals surface area contributed by atoms with Crippen LogP contribution >= 0.6 is 0 Å². The van der Waals surface area contributed by atoms with Crippen molar-refractivity contribution in [3.05, 3.63) is 29.8 Å². The van der Waals surface area contributed by atoms with E-state index in [0.717, 1.165) is 19.1 Å². The van der Waals surface area contributed by atoms with Gasteiger partial charge in [-0.3, -0.25) is 4.90 Å². The lowest BCUT2D eigenvalue weighted by atomic mass is 9.90. The van der Waals surface area contributed by atoms with Crippen LogP contribution in [0.5, 0.6) is 5.75 Å². The summed E-state index contributed by atoms with van der Waals surface area (Å²) < 4.78 is 0. The van der Waals surface area contributed by atoms with Crippen molar-refractivity contribution >= 4 is 0 Å². The predicted octanol–water partition coefficient (Wildman–Crippen LogP) is 3.13. The zero-order chi connectivity index (χ0) is 14.4. The SMILES string of the molecule is CCCNC1CCC(N(C)Cc2cccc(O)c2)CC1. The fourth-order valence-electron chi connectivity index (χ4n) is 3.14. The summed E-state index contributed by atoms with van der Waals surface area (Å²) in [5.74, 6) is 0.364. The molecule has 0 aromatic heterocycles. The summed E-state index contributed by atoms with van der Waals surface area (Å²) in [6, 6.07) is 9.01.